The van der Waals surface area contributed by atoms with E-state index in [2.05, 4.69) is 6.92 Å². The SMILES string of the molecule is CCCC12COP(OC1)OC2. The molecule has 64 valence electrons. The van der Waals surface area contributed by atoms with Crippen LogP contribution in [0.15, 0.2) is 0 Å². The van der Waals surface area contributed by atoms with Crippen LogP contribution in [-0.4, -0.2) is 19.8 Å². The van der Waals surface area contributed by atoms with Crippen molar-refractivity contribution < 1.29 is 13.6 Å². The van der Waals surface area contributed by atoms with Gasteiger partial charge in [0.05, 0.1) is 19.8 Å². The Morgan fingerprint density at radius 2 is 1.73 bits per heavy atom. The molecule has 3 rings (SSSR count). The topological polar surface area (TPSA) is 27.7 Å². The molecule has 3 heterocycles. The first kappa shape index (κ1) is 7.93. The highest BCUT2D eigenvalue weighted by Crippen LogP contribution is 2.54. The minimum absolute atomic E-state index is 0.186. The quantitative estimate of drug-likeness (QED) is 0.603. The molecule has 0 amide bonds. The normalized spacial score (nSPS) is 42.8. The van der Waals surface area contributed by atoms with Crippen LogP contribution in [-0.2, 0) is 13.6 Å². The van der Waals surface area contributed by atoms with Crippen LogP contribution in [0, 0.1) is 5.41 Å². The molecule has 0 radical (unpaired) electrons. The summed E-state index contributed by atoms with van der Waals surface area (Å²) in [4.78, 5) is 0. The van der Waals surface area contributed by atoms with E-state index in [0.717, 1.165) is 26.2 Å². The van der Waals surface area contributed by atoms with Gasteiger partial charge in [-0.2, -0.15) is 0 Å². The van der Waals surface area contributed by atoms with Gasteiger partial charge in [-0.3, -0.25) is 0 Å². The minimum atomic E-state index is -0.946. The predicted octanol–water partition coefficient (Wildman–Crippen LogP) is 2.08. The second-order valence-electron chi connectivity index (χ2n) is 3.29. The van der Waals surface area contributed by atoms with Gasteiger partial charge >= 0.3 is 8.60 Å². The van der Waals surface area contributed by atoms with Crippen molar-refractivity contribution in [2.24, 2.45) is 5.41 Å². The van der Waals surface area contributed by atoms with E-state index >= 15 is 0 Å². The molecule has 3 saturated heterocycles. The molecule has 4 heteroatoms. The fourth-order valence-electron chi connectivity index (χ4n) is 1.55. The Balaban J connectivity index is 2.00. The summed E-state index contributed by atoms with van der Waals surface area (Å²) in [6, 6.07) is 0. The van der Waals surface area contributed by atoms with Gasteiger partial charge in [0.25, 0.3) is 0 Å². The molecule has 0 aromatic heterocycles. The minimum Gasteiger partial charge on any atom is -0.311 e. The predicted molar refractivity (Wildman–Crippen MR) is 42.1 cm³/mol. The van der Waals surface area contributed by atoms with Crippen LogP contribution in [0.1, 0.15) is 19.8 Å². The maximum absolute atomic E-state index is 5.35. The van der Waals surface area contributed by atoms with E-state index in [1.807, 2.05) is 0 Å². The van der Waals surface area contributed by atoms with Crippen LogP contribution >= 0.6 is 8.60 Å². The van der Waals surface area contributed by atoms with Crippen molar-refractivity contribution in [2.75, 3.05) is 19.8 Å². The lowest BCUT2D eigenvalue weighted by atomic mass is 9.86. The first-order chi connectivity index (χ1) is 5.35. The summed E-state index contributed by atoms with van der Waals surface area (Å²) in [5.74, 6) is 0. The fourth-order valence-corrected chi connectivity index (χ4v) is 2.91. The third-order valence-corrected chi connectivity index (χ3v) is 3.23. The monoisotopic (exact) mass is 176 g/mol. The third-order valence-electron chi connectivity index (χ3n) is 2.21. The molecular formula is C7H13O3P. The van der Waals surface area contributed by atoms with Gasteiger partial charge in [0.15, 0.2) is 0 Å². The molecule has 0 unspecified atom stereocenters. The second kappa shape index (κ2) is 2.98. The molecule has 3 nitrogen and oxygen atoms in total. The van der Waals surface area contributed by atoms with Gasteiger partial charge in [-0.25, -0.2) is 0 Å². The first-order valence-electron chi connectivity index (χ1n) is 4.04. The highest BCUT2D eigenvalue weighted by atomic mass is 31.2. The summed E-state index contributed by atoms with van der Waals surface area (Å²) in [7, 11) is -0.946. The van der Waals surface area contributed by atoms with Gasteiger partial charge in [0.1, 0.15) is 0 Å². The van der Waals surface area contributed by atoms with Crippen LogP contribution < -0.4 is 0 Å². The molecule has 0 aliphatic carbocycles. The maximum Gasteiger partial charge on any atom is 0.332 e. The van der Waals surface area contributed by atoms with Gasteiger partial charge in [-0.05, 0) is 6.42 Å². The number of rotatable bonds is 2. The van der Waals surface area contributed by atoms with Gasteiger partial charge in [-0.1, -0.05) is 13.3 Å². The van der Waals surface area contributed by atoms with Crippen molar-refractivity contribution in [1.82, 2.24) is 0 Å². The Kier molecular flexibility index (Phi) is 2.15. The van der Waals surface area contributed by atoms with Gasteiger partial charge in [-0.15, -0.1) is 0 Å². The van der Waals surface area contributed by atoms with Crippen molar-refractivity contribution >= 4 is 8.60 Å². The summed E-state index contributed by atoms with van der Waals surface area (Å²) >= 11 is 0. The highest BCUT2D eigenvalue weighted by molar-refractivity contribution is 7.41. The molecule has 0 spiro atoms. The Bertz CT molecular complexity index is 123. The molecule has 3 aliphatic rings. The van der Waals surface area contributed by atoms with Gasteiger partial charge < -0.3 is 13.6 Å². The molecular weight excluding hydrogens is 163 g/mol. The largest absolute Gasteiger partial charge is 0.332 e. The van der Waals surface area contributed by atoms with Crippen molar-refractivity contribution in [3.8, 4) is 0 Å². The Hall–Kier alpha value is 0.310. The summed E-state index contributed by atoms with van der Waals surface area (Å²) in [6.07, 6.45) is 2.32. The van der Waals surface area contributed by atoms with Crippen molar-refractivity contribution in [1.29, 1.82) is 0 Å². The van der Waals surface area contributed by atoms with E-state index in [-0.39, 0.29) is 5.41 Å². The lowest BCUT2D eigenvalue weighted by Crippen LogP contribution is -2.43. The molecule has 0 aromatic rings. The molecule has 3 aliphatic heterocycles. The zero-order chi connectivity index (χ0) is 7.73. The number of fused-ring (bicyclic) bond motifs is 3. The van der Waals surface area contributed by atoms with Crippen LogP contribution in [0.25, 0.3) is 0 Å². The van der Waals surface area contributed by atoms with E-state index in [0.29, 0.717) is 0 Å². The fraction of sp³-hybridized carbons (Fsp3) is 1.00. The molecule has 3 fully saturated rings. The molecule has 11 heavy (non-hydrogen) atoms. The van der Waals surface area contributed by atoms with Crippen LogP contribution in [0.2, 0.25) is 0 Å². The third kappa shape index (κ3) is 1.43. The van der Waals surface area contributed by atoms with E-state index in [1.165, 1.54) is 6.42 Å². The van der Waals surface area contributed by atoms with E-state index in [1.54, 1.807) is 0 Å². The molecule has 0 atom stereocenters. The number of hydrogen-bond donors (Lipinski definition) is 0. The number of hydrogen-bond acceptors (Lipinski definition) is 3. The summed E-state index contributed by atoms with van der Waals surface area (Å²) < 4.78 is 16.1. The van der Waals surface area contributed by atoms with E-state index < -0.39 is 8.60 Å². The standard InChI is InChI=1S/C7H13O3P/c1-2-3-7-4-8-11(9-5-7)10-6-7/h2-6H2,1H3. The Labute approximate surface area is 68.0 Å². The molecule has 0 aromatic carbocycles. The molecule has 2 bridgehead atoms. The summed E-state index contributed by atoms with van der Waals surface area (Å²) in [6.45, 7) is 4.70. The van der Waals surface area contributed by atoms with E-state index in [4.69, 9.17) is 13.6 Å². The second-order valence-corrected chi connectivity index (χ2v) is 4.52. The smallest absolute Gasteiger partial charge is 0.311 e. The average Bonchev–Trinajstić information content (AvgIpc) is 2.07. The molecule has 0 N–H and O–H groups in total. The summed E-state index contributed by atoms with van der Waals surface area (Å²) in [5.41, 5.74) is 0.186. The zero-order valence-corrected chi connectivity index (χ0v) is 7.60. The first-order valence-corrected chi connectivity index (χ1v) is 5.13. The van der Waals surface area contributed by atoms with Crippen LogP contribution in [0.5, 0.6) is 0 Å². The Morgan fingerprint density at radius 3 is 2.18 bits per heavy atom. The Morgan fingerprint density at radius 1 is 1.18 bits per heavy atom. The molecule has 0 saturated carbocycles. The van der Waals surface area contributed by atoms with Gasteiger partial charge in [0.2, 0.25) is 0 Å². The van der Waals surface area contributed by atoms with Crippen LogP contribution in [0.4, 0.5) is 0 Å². The van der Waals surface area contributed by atoms with Crippen molar-refractivity contribution in [2.45, 2.75) is 19.8 Å². The maximum atomic E-state index is 5.35. The zero-order valence-electron chi connectivity index (χ0n) is 6.71. The lowest BCUT2D eigenvalue weighted by molar-refractivity contribution is -0.0770. The van der Waals surface area contributed by atoms with Gasteiger partial charge in [0, 0.05) is 5.41 Å². The van der Waals surface area contributed by atoms with E-state index in [9.17, 15) is 0 Å². The summed E-state index contributed by atoms with van der Waals surface area (Å²) in [5, 5.41) is 0. The van der Waals surface area contributed by atoms with Crippen molar-refractivity contribution in [3.63, 3.8) is 0 Å². The highest BCUT2D eigenvalue weighted by Gasteiger charge is 2.43. The van der Waals surface area contributed by atoms with Crippen molar-refractivity contribution in [3.05, 3.63) is 0 Å². The van der Waals surface area contributed by atoms with Crippen LogP contribution in [0.3, 0.4) is 0 Å². The lowest BCUT2D eigenvalue weighted by Gasteiger charge is -2.43. The average molecular weight is 176 g/mol.